The molecule has 0 unspecified atom stereocenters. The topological polar surface area (TPSA) is 84.7 Å². The van der Waals surface area contributed by atoms with Gasteiger partial charge >= 0.3 is 0 Å². The van der Waals surface area contributed by atoms with E-state index in [1.807, 2.05) is 30.3 Å². The summed E-state index contributed by atoms with van der Waals surface area (Å²) in [4.78, 5) is 23.0. The van der Waals surface area contributed by atoms with Crippen LogP contribution in [-0.4, -0.2) is 20.9 Å². The lowest BCUT2D eigenvalue weighted by atomic mass is 10.2. The van der Waals surface area contributed by atoms with Gasteiger partial charge in [0.2, 0.25) is 0 Å². The van der Waals surface area contributed by atoms with Crippen LogP contribution in [0, 0.1) is 0 Å². The highest BCUT2D eigenvalue weighted by atomic mass is 16.1. The highest BCUT2D eigenvalue weighted by Crippen LogP contribution is 2.20. The van der Waals surface area contributed by atoms with Gasteiger partial charge in [0.1, 0.15) is 0 Å². The van der Waals surface area contributed by atoms with Crippen molar-refractivity contribution in [3.05, 3.63) is 48.3 Å². The van der Waals surface area contributed by atoms with Gasteiger partial charge in [-0.3, -0.25) is 4.79 Å². The van der Waals surface area contributed by atoms with Crippen LogP contribution in [0.3, 0.4) is 0 Å². The van der Waals surface area contributed by atoms with Gasteiger partial charge in [0.05, 0.1) is 11.0 Å². The zero-order chi connectivity index (χ0) is 12.5. The van der Waals surface area contributed by atoms with E-state index >= 15 is 0 Å². The van der Waals surface area contributed by atoms with E-state index in [4.69, 9.17) is 5.73 Å². The van der Waals surface area contributed by atoms with Gasteiger partial charge in [-0.15, -0.1) is 0 Å². The minimum Gasteiger partial charge on any atom is -0.364 e. The lowest BCUT2D eigenvalue weighted by Gasteiger charge is -2.03. The Labute approximate surface area is 103 Å². The minimum atomic E-state index is -0.568. The molecule has 0 fully saturated rings. The number of carbonyl (C=O) groups is 1. The molecule has 0 saturated carbocycles. The molecule has 3 aromatic rings. The molecule has 1 aromatic carbocycles. The maximum absolute atomic E-state index is 11.4. The molecule has 0 saturated heterocycles. The summed E-state index contributed by atoms with van der Waals surface area (Å²) in [6, 6.07) is 11.3. The minimum absolute atomic E-state index is 0.212. The third kappa shape index (κ3) is 1.62. The second-order valence-electron chi connectivity index (χ2n) is 3.86. The second kappa shape index (κ2) is 3.96. The molecule has 18 heavy (non-hydrogen) atoms. The maximum Gasteiger partial charge on any atom is 0.269 e. The van der Waals surface area contributed by atoms with E-state index in [1.54, 1.807) is 12.3 Å². The number of aromatic amines is 1. The van der Waals surface area contributed by atoms with Crippen molar-refractivity contribution in [3.8, 4) is 11.4 Å². The van der Waals surface area contributed by atoms with Gasteiger partial charge in [-0.05, 0) is 6.07 Å². The van der Waals surface area contributed by atoms with Gasteiger partial charge in [-0.2, -0.15) is 0 Å². The van der Waals surface area contributed by atoms with Crippen LogP contribution in [0.25, 0.3) is 22.4 Å². The molecule has 0 atom stereocenters. The van der Waals surface area contributed by atoms with Crippen LogP contribution in [0.4, 0.5) is 0 Å². The number of amides is 1. The molecule has 88 valence electrons. The van der Waals surface area contributed by atoms with E-state index in [1.165, 1.54) is 0 Å². The zero-order valence-electron chi connectivity index (χ0n) is 9.42. The number of fused-ring (bicyclic) bond motifs is 1. The van der Waals surface area contributed by atoms with Gasteiger partial charge in [0.15, 0.2) is 11.5 Å². The Morgan fingerprint density at radius 3 is 2.61 bits per heavy atom. The molecular weight excluding hydrogens is 228 g/mol. The lowest BCUT2D eigenvalue weighted by Crippen LogP contribution is -2.14. The van der Waals surface area contributed by atoms with E-state index in [0.29, 0.717) is 16.9 Å². The predicted molar refractivity (Wildman–Crippen MR) is 67.8 cm³/mol. The van der Waals surface area contributed by atoms with Crippen LogP contribution in [0.2, 0.25) is 0 Å². The number of benzene rings is 1. The first kappa shape index (κ1) is 10.5. The quantitative estimate of drug-likeness (QED) is 0.712. The summed E-state index contributed by atoms with van der Waals surface area (Å²) >= 11 is 0. The summed E-state index contributed by atoms with van der Waals surface area (Å²) in [5.41, 5.74) is 7.65. The number of rotatable bonds is 2. The normalized spacial score (nSPS) is 10.7. The first-order valence-corrected chi connectivity index (χ1v) is 5.46. The van der Waals surface area contributed by atoms with Gasteiger partial charge in [-0.25, -0.2) is 9.97 Å². The van der Waals surface area contributed by atoms with E-state index in [0.717, 1.165) is 5.56 Å². The van der Waals surface area contributed by atoms with Crippen LogP contribution in [0.15, 0.2) is 42.6 Å². The molecule has 0 aliphatic carbocycles. The van der Waals surface area contributed by atoms with Crippen LogP contribution in [0.5, 0.6) is 0 Å². The van der Waals surface area contributed by atoms with Crippen molar-refractivity contribution in [1.82, 2.24) is 15.0 Å². The first-order chi connectivity index (χ1) is 8.75. The molecule has 0 radical (unpaired) electrons. The van der Waals surface area contributed by atoms with Crippen LogP contribution in [-0.2, 0) is 0 Å². The summed E-state index contributed by atoms with van der Waals surface area (Å²) in [7, 11) is 0. The molecule has 0 aliphatic heterocycles. The average Bonchev–Trinajstić information content (AvgIpc) is 2.86. The third-order valence-corrected chi connectivity index (χ3v) is 2.67. The van der Waals surface area contributed by atoms with Crippen LogP contribution >= 0.6 is 0 Å². The van der Waals surface area contributed by atoms with Crippen molar-refractivity contribution in [3.63, 3.8) is 0 Å². The molecule has 1 amide bonds. The third-order valence-electron chi connectivity index (χ3n) is 2.67. The Balaban J connectivity index is 2.29. The standard InChI is InChI=1S/C13H10N4O/c14-12(18)11-10-9(6-7-15-10)16-13(17-11)8-4-2-1-3-5-8/h1-7,15H,(H2,14,18). The van der Waals surface area contributed by atoms with Gasteiger partial charge in [-0.1, -0.05) is 30.3 Å². The molecule has 3 rings (SSSR count). The van der Waals surface area contributed by atoms with E-state index in [-0.39, 0.29) is 5.69 Å². The second-order valence-corrected chi connectivity index (χ2v) is 3.86. The monoisotopic (exact) mass is 238 g/mol. The summed E-state index contributed by atoms with van der Waals surface area (Å²) in [6.07, 6.45) is 1.71. The molecule has 3 N–H and O–H groups in total. The van der Waals surface area contributed by atoms with Crippen molar-refractivity contribution in [2.45, 2.75) is 0 Å². The highest BCUT2D eigenvalue weighted by molar-refractivity contribution is 6.02. The molecular formula is C13H10N4O. The SMILES string of the molecule is NC(=O)c1nc(-c2ccccc2)nc2cc[nH]c12. The number of aromatic nitrogens is 3. The Kier molecular flexibility index (Phi) is 2.30. The Hall–Kier alpha value is -2.69. The van der Waals surface area contributed by atoms with Crippen LogP contribution in [0.1, 0.15) is 10.5 Å². The maximum atomic E-state index is 11.4. The molecule has 0 aliphatic rings. The molecule has 2 heterocycles. The molecule has 5 heteroatoms. The van der Waals surface area contributed by atoms with Crippen molar-refractivity contribution < 1.29 is 4.79 Å². The van der Waals surface area contributed by atoms with Crippen molar-refractivity contribution in [1.29, 1.82) is 0 Å². The number of primary amides is 1. The number of nitrogens with one attached hydrogen (secondary N) is 1. The van der Waals surface area contributed by atoms with Crippen molar-refractivity contribution in [2.75, 3.05) is 0 Å². The van der Waals surface area contributed by atoms with Crippen molar-refractivity contribution in [2.24, 2.45) is 5.73 Å². The van der Waals surface area contributed by atoms with Crippen LogP contribution < -0.4 is 5.73 Å². The summed E-state index contributed by atoms with van der Waals surface area (Å²) < 4.78 is 0. The smallest absolute Gasteiger partial charge is 0.269 e. The largest absolute Gasteiger partial charge is 0.364 e. The van der Waals surface area contributed by atoms with E-state index in [2.05, 4.69) is 15.0 Å². The molecule has 5 nitrogen and oxygen atoms in total. The molecule has 0 spiro atoms. The zero-order valence-corrected chi connectivity index (χ0v) is 9.42. The lowest BCUT2D eigenvalue weighted by molar-refractivity contribution is 0.0997. The Morgan fingerprint density at radius 1 is 1.11 bits per heavy atom. The summed E-state index contributed by atoms with van der Waals surface area (Å²) in [5, 5.41) is 0. The molecule has 0 bridgehead atoms. The fourth-order valence-corrected chi connectivity index (χ4v) is 1.84. The number of H-pyrrole nitrogens is 1. The highest BCUT2D eigenvalue weighted by Gasteiger charge is 2.13. The van der Waals surface area contributed by atoms with E-state index < -0.39 is 5.91 Å². The Morgan fingerprint density at radius 2 is 1.89 bits per heavy atom. The average molecular weight is 238 g/mol. The number of hydrogen-bond acceptors (Lipinski definition) is 3. The first-order valence-electron chi connectivity index (χ1n) is 5.46. The number of hydrogen-bond donors (Lipinski definition) is 2. The fourth-order valence-electron chi connectivity index (χ4n) is 1.84. The Bertz CT molecular complexity index is 718. The number of nitrogens with two attached hydrogens (primary N) is 1. The van der Waals surface area contributed by atoms with Gasteiger partial charge < -0.3 is 10.7 Å². The van der Waals surface area contributed by atoms with E-state index in [9.17, 15) is 4.79 Å². The fraction of sp³-hybridized carbons (Fsp3) is 0. The summed E-state index contributed by atoms with van der Waals surface area (Å²) in [6.45, 7) is 0. The summed E-state index contributed by atoms with van der Waals surface area (Å²) in [5.74, 6) is -0.0708. The van der Waals surface area contributed by atoms with Gasteiger partial charge in [0, 0.05) is 11.8 Å². The number of nitrogens with zero attached hydrogens (tertiary/aromatic N) is 2. The number of carbonyl (C=O) groups excluding carboxylic acids is 1. The molecule has 2 aromatic heterocycles. The van der Waals surface area contributed by atoms with Gasteiger partial charge in [0.25, 0.3) is 5.91 Å². The van der Waals surface area contributed by atoms with Crippen molar-refractivity contribution >= 4 is 16.9 Å². The predicted octanol–water partition coefficient (Wildman–Crippen LogP) is 1.72.